The van der Waals surface area contributed by atoms with E-state index in [9.17, 15) is 0 Å². The number of aromatic nitrogens is 2. The minimum atomic E-state index is 0.767. The van der Waals surface area contributed by atoms with Crippen LogP contribution in [0.1, 0.15) is 11.3 Å². The molecule has 0 radical (unpaired) electrons. The zero-order valence-electron chi connectivity index (χ0n) is 10.2. The number of benzene rings is 1. The first-order valence-corrected chi connectivity index (χ1v) is 5.38. The summed E-state index contributed by atoms with van der Waals surface area (Å²) in [6.45, 7) is 2.01. The summed E-state index contributed by atoms with van der Waals surface area (Å²) >= 11 is 0. The Morgan fingerprint density at radius 3 is 2.76 bits per heavy atom. The molecule has 88 valence electrons. The van der Waals surface area contributed by atoms with Crippen molar-refractivity contribution in [1.29, 1.82) is 0 Å². The molecule has 0 N–H and O–H groups in total. The zero-order valence-corrected chi connectivity index (χ0v) is 10.2. The van der Waals surface area contributed by atoms with Gasteiger partial charge in [0.25, 0.3) is 0 Å². The van der Waals surface area contributed by atoms with Crippen molar-refractivity contribution in [3.63, 3.8) is 0 Å². The van der Waals surface area contributed by atoms with E-state index in [0.717, 1.165) is 22.7 Å². The molecule has 0 spiro atoms. The average molecular weight is 229 g/mol. The molecule has 0 bridgehead atoms. The number of para-hydroxylation sites is 2. The largest absolute Gasteiger partial charge is 0.494 e. The average Bonchev–Trinajstić information content (AvgIpc) is 2.67. The van der Waals surface area contributed by atoms with Crippen LogP contribution in [-0.4, -0.2) is 23.1 Å². The smallest absolute Gasteiger partial charge is 0.144 e. The standard InChI is InChI=1S/C13H15N3O/c1-10-8-15-16(2)12(10)9-14-11-6-4-5-7-13(11)17-3/h4-9H,1-3H3. The van der Waals surface area contributed by atoms with Crippen LogP contribution in [-0.2, 0) is 7.05 Å². The van der Waals surface area contributed by atoms with E-state index in [2.05, 4.69) is 10.1 Å². The fourth-order valence-corrected chi connectivity index (χ4v) is 1.61. The third-order valence-corrected chi connectivity index (χ3v) is 2.59. The SMILES string of the molecule is COc1ccccc1N=Cc1c(C)cnn1C. The van der Waals surface area contributed by atoms with Crippen LogP contribution < -0.4 is 4.74 Å². The maximum absolute atomic E-state index is 5.24. The van der Waals surface area contributed by atoms with E-state index in [0.29, 0.717) is 0 Å². The second-order valence-electron chi connectivity index (χ2n) is 3.77. The van der Waals surface area contributed by atoms with Crippen molar-refractivity contribution in [3.8, 4) is 5.75 Å². The summed E-state index contributed by atoms with van der Waals surface area (Å²) in [6.07, 6.45) is 3.63. The Bertz CT molecular complexity index is 524. The Morgan fingerprint density at radius 2 is 2.12 bits per heavy atom. The van der Waals surface area contributed by atoms with Gasteiger partial charge in [0.2, 0.25) is 0 Å². The van der Waals surface area contributed by atoms with E-state index in [4.69, 9.17) is 4.74 Å². The van der Waals surface area contributed by atoms with Gasteiger partial charge in [0.05, 0.1) is 25.2 Å². The van der Waals surface area contributed by atoms with Crippen LogP contribution in [0.3, 0.4) is 0 Å². The highest BCUT2D eigenvalue weighted by molar-refractivity contribution is 5.82. The lowest BCUT2D eigenvalue weighted by Crippen LogP contribution is -1.97. The molecular weight excluding hydrogens is 214 g/mol. The highest BCUT2D eigenvalue weighted by atomic mass is 16.5. The van der Waals surface area contributed by atoms with Gasteiger partial charge in [0.1, 0.15) is 11.4 Å². The summed E-state index contributed by atoms with van der Waals surface area (Å²) < 4.78 is 7.04. The Labute approximate surface area is 101 Å². The van der Waals surface area contributed by atoms with Crippen molar-refractivity contribution in [1.82, 2.24) is 9.78 Å². The first kappa shape index (κ1) is 11.4. The summed E-state index contributed by atoms with van der Waals surface area (Å²) in [6, 6.07) is 7.67. The topological polar surface area (TPSA) is 39.4 Å². The summed E-state index contributed by atoms with van der Waals surface area (Å²) in [5.74, 6) is 0.767. The molecule has 2 aromatic rings. The second-order valence-corrected chi connectivity index (χ2v) is 3.77. The number of ether oxygens (including phenoxy) is 1. The van der Waals surface area contributed by atoms with Gasteiger partial charge in [0, 0.05) is 7.05 Å². The third kappa shape index (κ3) is 2.36. The highest BCUT2D eigenvalue weighted by Crippen LogP contribution is 2.26. The minimum absolute atomic E-state index is 0.767. The van der Waals surface area contributed by atoms with Gasteiger partial charge < -0.3 is 4.74 Å². The molecule has 0 amide bonds. The van der Waals surface area contributed by atoms with E-state index >= 15 is 0 Å². The van der Waals surface area contributed by atoms with Crippen LogP contribution in [0.15, 0.2) is 35.5 Å². The van der Waals surface area contributed by atoms with Crippen molar-refractivity contribution >= 4 is 11.9 Å². The quantitative estimate of drug-likeness (QED) is 0.758. The predicted octanol–water partition coefficient (Wildman–Crippen LogP) is 2.49. The number of hydrogen-bond donors (Lipinski definition) is 0. The molecule has 0 saturated heterocycles. The van der Waals surface area contributed by atoms with E-state index in [1.54, 1.807) is 18.0 Å². The molecule has 0 saturated carbocycles. The molecule has 4 heteroatoms. The summed E-state index contributed by atoms with van der Waals surface area (Å²) in [7, 11) is 3.54. The molecule has 0 fully saturated rings. The fourth-order valence-electron chi connectivity index (χ4n) is 1.61. The molecule has 0 unspecified atom stereocenters. The minimum Gasteiger partial charge on any atom is -0.494 e. The van der Waals surface area contributed by atoms with Crippen LogP contribution in [0.25, 0.3) is 0 Å². The van der Waals surface area contributed by atoms with Crippen molar-refractivity contribution in [2.24, 2.45) is 12.0 Å². The molecule has 1 aromatic heterocycles. The molecule has 1 heterocycles. The van der Waals surface area contributed by atoms with E-state index < -0.39 is 0 Å². The van der Waals surface area contributed by atoms with Crippen molar-refractivity contribution in [2.45, 2.75) is 6.92 Å². The molecule has 1 aromatic carbocycles. The Kier molecular flexibility index (Phi) is 3.23. The van der Waals surface area contributed by atoms with Gasteiger partial charge in [-0.25, -0.2) is 0 Å². The Balaban J connectivity index is 2.32. The van der Waals surface area contributed by atoms with E-state index in [1.807, 2.05) is 44.4 Å². The zero-order chi connectivity index (χ0) is 12.3. The summed E-state index contributed by atoms with van der Waals surface area (Å²) in [5, 5.41) is 4.17. The number of rotatable bonds is 3. The maximum Gasteiger partial charge on any atom is 0.144 e. The lowest BCUT2D eigenvalue weighted by atomic mass is 10.3. The Hall–Kier alpha value is -2.10. The second kappa shape index (κ2) is 4.82. The normalized spacial score (nSPS) is 11.0. The van der Waals surface area contributed by atoms with Gasteiger partial charge in [-0.3, -0.25) is 9.67 Å². The van der Waals surface area contributed by atoms with Gasteiger partial charge in [-0.1, -0.05) is 12.1 Å². The summed E-state index contributed by atoms with van der Waals surface area (Å²) in [5.41, 5.74) is 2.91. The van der Waals surface area contributed by atoms with Crippen LogP contribution >= 0.6 is 0 Å². The molecule has 0 aliphatic carbocycles. The van der Waals surface area contributed by atoms with E-state index in [-0.39, 0.29) is 0 Å². The molecule has 0 atom stereocenters. The van der Waals surface area contributed by atoms with Crippen LogP contribution in [0, 0.1) is 6.92 Å². The van der Waals surface area contributed by atoms with Crippen molar-refractivity contribution in [3.05, 3.63) is 41.7 Å². The Morgan fingerprint density at radius 1 is 1.35 bits per heavy atom. The molecule has 0 aliphatic rings. The van der Waals surface area contributed by atoms with Crippen LogP contribution in [0.4, 0.5) is 5.69 Å². The van der Waals surface area contributed by atoms with E-state index in [1.165, 1.54) is 0 Å². The van der Waals surface area contributed by atoms with Crippen molar-refractivity contribution in [2.75, 3.05) is 7.11 Å². The van der Waals surface area contributed by atoms with Gasteiger partial charge in [-0.15, -0.1) is 0 Å². The van der Waals surface area contributed by atoms with Gasteiger partial charge >= 0.3 is 0 Å². The molecule has 0 aliphatic heterocycles. The lowest BCUT2D eigenvalue weighted by molar-refractivity contribution is 0.416. The molecular formula is C13H15N3O. The van der Waals surface area contributed by atoms with Gasteiger partial charge in [0.15, 0.2) is 0 Å². The van der Waals surface area contributed by atoms with Gasteiger partial charge in [-0.05, 0) is 24.6 Å². The highest BCUT2D eigenvalue weighted by Gasteiger charge is 2.02. The molecule has 2 rings (SSSR count). The number of aliphatic imine (C=N–C) groups is 1. The fraction of sp³-hybridized carbons (Fsp3) is 0.231. The van der Waals surface area contributed by atoms with Gasteiger partial charge in [-0.2, -0.15) is 5.10 Å². The summed E-state index contributed by atoms with van der Waals surface area (Å²) in [4.78, 5) is 4.43. The number of aryl methyl sites for hydroxylation is 2. The third-order valence-electron chi connectivity index (χ3n) is 2.59. The number of methoxy groups -OCH3 is 1. The molecule has 4 nitrogen and oxygen atoms in total. The van der Waals surface area contributed by atoms with Crippen LogP contribution in [0.5, 0.6) is 5.75 Å². The lowest BCUT2D eigenvalue weighted by Gasteiger charge is -2.03. The van der Waals surface area contributed by atoms with Crippen LogP contribution in [0.2, 0.25) is 0 Å². The maximum atomic E-state index is 5.24. The first-order valence-electron chi connectivity index (χ1n) is 5.38. The first-order chi connectivity index (χ1) is 8.22. The van der Waals surface area contributed by atoms with Crippen molar-refractivity contribution < 1.29 is 4.74 Å². The number of hydrogen-bond acceptors (Lipinski definition) is 3. The monoisotopic (exact) mass is 229 g/mol. The molecule has 17 heavy (non-hydrogen) atoms. The number of nitrogens with zero attached hydrogens (tertiary/aromatic N) is 3. The predicted molar refractivity (Wildman–Crippen MR) is 68.2 cm³/mol.